The van der Waals surface area contributed by atoms with Crippen molar-refractivity contribution in [2.75, 3.05) is 0 Å². The van der Waals surface area contributed by atoms with Gasteiger partial charge in [0.05, 0.1) is 6.54 Å². The number of hydrogen-bond donors (Lipinski definition) is 1. The maximum Gasteiger partial charge on any atom is 0.323 e. The summed E-state index contributed by atoms with van der Waals surface area (Å²) in [6.07, 6.45) is 2.67. The lowest BCUT2D eigenvalue weighted by Gasteiger charge is -2.35. The monoisotopic (exact) mass is 423 g/mol. The summed E-state index contributed by atoms with van der Waals surface area (Å²) in [5, 5.41) is 21.1. The number of aliphatic hydroxyl groups is 1. The number of aryl methyl sites for hydroxylation is 1. The van der Waals surface area contributed by atoms with Crippen LogP contribution in [0.2, 0.25) is 0 Å². The van der Waals surface area contributed by atoms with Gasteiger partial charge in [-0.15, -0.1) is 5.10 Å². The van der Waals surface area contributed by atoms with Crippen LogP contribution >= 0.6 is 0 Å². The van der Waals surface area contributed by atoms with Crippen molar-refractivity contribution >= 4 is 5.78 Å². The highest BCUT2D eigenvalue weighted by Crippen LogP contribution is 2.46. The van der Waals surface area contributed by atoms with E-state index < -0.39 is 41.0 Å². The van der Waals surface area contributed by atoms with Crippen LogP contribution in [0.1, 0.15) is 30.2 Å². The zero-order valence-corrected chi connectivity index (χ0v) is 15.8. The van der Waals surface area contributed by atoms with Crippen molar-refractivity contribution in [3.05, 3.63) is 71.3 Å². The molecule has 7 nitrogen and oxygen atoms in total. The Hall–Kier alpha value is -3.21. The predicted molar refractivity (Wildman–Crippen MR) is 95.2 cm³/mol. The summed E-state index contributed by atoms with van der Waals surface area (Å²) in [4.78, 5) is 14.8. The van der Waals surface area contributed by atoms with Gasteiger partial charge < -0.3 is 9.90 Å². The van der Waals surface area contributed by atoms with Crippen LogP contribution in [0.3, 0.4) is 0 Å². The molecule has 2 aromatic heterocycles. The van der Waals surface area contributed by atoms with E-state index in [1.165, 1.54) is 13.0 Å². The van der Waals surface area contributed by atoms with E-state index >= 15 is 8.78 Å². The Balaban J connectivity index is 2.04. The number of carbonyl (C=O) groups excluding carboxylic acids is 1. The second-order valence-corrected chi connectivity index (χ2v) is 6.82. The van der Waals surface area contributed by atoms with Crippen molar-refractivity contribution in [3.8, 4) is 0 Å². The molecule has 1 N–H and O–H groups in total. The number of rotatable bonds is 8. The summed E-state index contributed by atoms with van der Waals surface area (Å²) in [6, 6.07) is 4.23. The molecule has 11 heteroatoms. The van der Waals surface area contributed by atoms with Gasteiger partial charge in [-0.2, -0.15) is 8.78 Å². The lowest BCUT2D eigenvalue weighted by atomic mass is 9.84. The molecule has 2 heterocycles. The summed E-state index contributed by atoms with van der Waals surface area (Å²) in [5.41, 5.74) is -4.32. The maximum absolute atomic E-state index is 15.5. The van der Waals surface area contributed by atoms with Gasteiger partial charge in [0.25, 0.3) is 0 Å². The zero-order valence-electron chi connectivity index (χ0n) is 15.8. The van der Waals surface area contributed by atoms with Crippen LogP contribution < -0.4 is 0 Å². The molecule has 0 saturated carbocycles. The number of halogens is 4. The molecule has 0 amide bonds. The molecule has 1 atom stereocenters. The van der Waals surface area contributed by atoms with E-state index in [0.29, 0.717) is 18.1 Å². The van der Waals surface area contributed by atoms with Crippen LogP contribution in [0, 0.1) is 11.6 Å². The van der Waals surface area contributed by atoms with Gasteiger partial charge in [0, 0.05) is 24.2 Å². The Morgan fingerprint density at radius 3 is 2.53 bits per heavy atom. The first kappa shape index (κ1) is 21.5. The van der Waals surface area contributed by atoms with Gasteiger partial charge >= 0.3 is 5.92 Å². The van der Waals surface area contributed by atoms with Gasteiger partial charge in [0.15, 0.2) is 5.60 Å². The second kappa shape index (κ2) is 8.27. The lowest BCUT2D eigenvalue weighted by Crippen LogP contribution is -2.48. The van der Waals surface area contributed by atoms with Crippen molar-refractivity contribution in [1.29, 1.82) is 0 Å². The Bertz CT molecular complexity index is 1030. The zero-order chi connectivity index (χ0) is 21.9. The number of Topliss-reactive ketones (excluding diaryl/α,β-unsaturated/α-hetero) is 1. The van der Waals surface area contributed by atoms with Gasteiger partial charge in [-0.05, 0) is 47.5 Å². The van der Waals surface area contributed by atoms with Crippen molar-refractivity contribution in [3.63, 3.8) is 0 Å². The van der Waals surface area contributed by atoms with Crippen LogP contribution in [-0.4, -0.2) is 36.1 Å². The number of nitrogens with zero attached hydrogens (tertiary/aromatic N) is 5. The third-order valence-corrected chi connectivity index (χ3v) is 4.59. The number of tetrazole rings is 1. The number of aromatic nitrogens is 5. The van der Waals surface area contributed by atoms with E-state index in [9.17, 15) is 18.7 Å². The Kier molecular flexibility index (Phi) is 5.92. The summed E-state index contributed by atoms with van der Waals surface area (Å²) < 4.78 is 59.5. The van der Waals surface area contributed by atoms with Crippen LogP contribution in [-0.2, 0) is 29.3 Å². The maximum atomic E-state index is 15.5. The smallest absolute Gasteiger partial charge is 0.323 e. The highest BCUT2D eigenvalue weighted by atomic mass is 19.3. The van der Waals surface area contributed by atoms with Crippen LogP contribution in [0.5, 0.6) is 0 Å². The molecular weight excluding hydrogens is 406 g/mol. The fourth-order valence-electron chi connectivity index (χ4n) is 2.96. The number of alkyl halides is 2. The molecular formula is C19H17F4N5O2. The molecule has 0 aliphatic carbocycles. The SMILES string of the molecule is CC(=O)CCc1ccc(C(F)(F)C(O)(Cn2cnnn2)c2ccc(F)cc2F)nc1. The minimum atomic E-state index is -4.11. The fraction of sp³-hybridized carbons (Fsp3) is 0.316. The number of hydrogen-bond acceptors (Lipinski definition) is 6. The molecule has 30 heavy (non-hydrogen) atoms. The molecule has 0 radical (unpaired) electrons. The van der Waals surface area contributed by atoms with E-state index in [4.69, 9.17) is 0 Å². The average Bonchev–Trinajstić information content (AvgIpc) is 3.19. The summed E-state index contributed by atoms with van der Waals surface area (Å²) in [5.74, 6) is -6.52. The third kappa shape index (κ3) is 4.20. The number of carbonyl (C=O) groups is 1. The highest BCUT2D eigenvalue weighted by molar-refractivity contribution is 5.75. The van der Waals surface area contributed by atoms with E-state index in [1.54, 1.807) is 0 Å². The van der Waals surface area contributed by atoms with Crippen molar-refractivity contribution in [2.24, 2.45) is 0 Å². The molecule has 1 aromatic carbocycles. The van der Waals surface area contributed by atoms with Gasteiger partial charge in [0.2, 0.25) is 0 Å². The molecule has 0 aliphatic rings. The predicted octanol–water partition coefficient (Wildman–Crippen LogP) is 2.55. The number of benzene rings is 1. The molecule has 0 bridgehead atoms. The van der Waals surface area contributed by atoms with E-state index in [2.05, 4.69) is 20.5 Å². The molecule has 3 rings (SSSR count). The molecule has 1 unspecified atom stereocenters. The fourth-order valence-corrected chi connectivity index (χ4v) is 2.96. The first-order valence-corrected chi connectivity index (χ1v) is 8.85. The quantitative estimate of drug-likeness (QED) is 0.560. The normalized spacial score (nSPS) is 13.8. The molecule has 0 spiro atoms. The van der Waals surface area contributed by atoms with E-state index in [0.717, 1.165) is 35.4 Å². The number of pyridine rings is 1. The molecule has 0 aliphatic heterocycles. The van der Waals surface area contributed by atoms with Crippen molar-refractivity contribution < 1.29 is 27.5 Å². The third-order valence-electron chi connectivity index (χ3n) is 4.59. The lowest BCUT2D eigenvalue weighted by molar-refractivity contribution is -0.207. The van der Waals surface area contributed by atoms with Gasteiger partial charge in [-0.25, -0.2) is 13.5 Å². The Morgan fingerprint density at radius 1 is 1.20 bits per heavy atom. The Labute approximate surface area is 168 Å². The second-order valence-electron chi connectivity index (χ2n) is 6.82. The first-order chi connectivity index (χ1) is 14.1. The number of ketones is 1. The minimum absolute atomic E-state index is 0.0630. The van der Waals surface area contributed by atoms with Gasteiger partial charge in [-0.1, -0.05) is 6.07 Å². The van der Waals surface area contributed by atoms with Gasteiger partial charge in [-0.3, -0.25) is 4.98 Å². The largest absolute Gasteiger partial charge is 0.377 e. The topological polar surface area (TPSA) is 93.8 Å². The van der Waals surface area contributed by atoms with Crippen molar-refractivity contribution in [2.45, 2.75) is 37.8 Å². The van der Waals surface area contributed by atoms with E-state index in [-0.39, 0.29) is 12.2 Å². The van der Waals surface area contributed by atoms with Crippen molar-refractivity contribution in [1.82, 2.24) is 25.2 Å². The minimum Gasteiger partial charge on any atom is -0.377 e. The standard InChI is InChI=1S/C19H17F4N5O2/c1-12(29)2-3-13-4-7-17(24-9-13)19(22,23)18(30,10-28-11-25-26-27-28)15-6-5-14(20)8-16(15)21/h4-9,11,30H,2-3,10H2,1H3. The van der Waals surface area contributed by atoms with E-state index in [1.807, 2.05) is 0 Å². The highest BCUT2D eigenvalue weighted by Gasteiger charge is 2.57. The van der Waals surface area contributed by atoms with Crippen LogP contribution in [0.4, 0.5) is 17.6 Å². The summed E-state index contributed by atoms with van der Waals surface area (Å²) in [7, 11) is 0. The molecule has 158 valence electrons. The molecule has 0 fully saturated rings. The molecule has 0 saturated heterocycles. The summed E-state index contributed by atoms with van der Waals surface area (Å²) in [6.45, 7) is 0.482. The van der Waals surface area contributed by atoms with Crippen LogP contribution in [0.25, 0.3) is 0 Å². The Morgan fingerprint density at radius 2 is 1.97 bits per heavy atom. The first-order valence-electron chi connectivity index (χ1n) is 8.85. The average molecular weight is 423 g/mol. The van der Waals surface area contributed by atoms with Gasteiger partial charge in [0.1, 0.15) is 29.4 Å². The van der Waals surface area contributed by atoms with Crippen LogP contribution in [0.15, 0.2) is 42.9 Å². The summed E-state index contributed by atoms with van der Waals surface area (Å²) >= 11 is 0. The molecule has 3 aromatic rings.